The third-order valence-corrected chi connectivity index (χ3v) is 2.62. The Labute approximate surface area is 106 Å². The van der Waals surface area contributed by atoms with Crippen molar-refractivity contribution >= 4 is 11.6 Å². The van der Waals surface area contributed by atoms with E-state index in [-0.39, 0.29) is 12.0 Å². The maximum Gasteiger partial charge on any atom is 0.417 e. The molecule has 3 nitrogen and oxygen atoms in total. The van der Waals surface area contributed by atoms with Gasteiger partial charge in [0.2, 0.25) is 0 Å². The summed E-state index contributed by atoms with van der Waals surface area (Å²) in [6, 6.07) is 4.31. The van der Waals surface area contributed by atoms with Crippen molar-refractivity contribution in [2.24, 2.45) is 0 Å². The first-order valence-corrected chi connectivity index (χ1v) is 5.25. The molecule has 98 valence electrons. The number of halogens is 4. The van der Waals surface area contributed by atoms with Gasteiger partial charge >= 0.3 is 6.18 Å². The van der Waals surface area contributed by atoms with Crippen LogP contribution >= 0.6 is 11.6 Å². The molecule has 0 saturated carbocycles. The Balaban J connectivity index is 3.02. The van der Waals surface area contributed by atoms with E-state index in [2.05, 4.69) is 0 Å². The minimum atomic E-state index is -4.58. The molecule has 2 atom stereocenters. The van der Waals surface area contributed by atoms with Gasteiger partial charge in [-0.1, -0.05) is 17.7 Å². The van der Waals surface area contributed by atoms with Gasteiger partial charge in [0.25, 0.3) is 0 Å². The van der Waals surface area contributed by atoms with Gasteiger partial charge in [-0.3, -0.25) is 0 Å². The lowest BCUT2D eigenvalue weighted by molar-refractivity contribution is -0.137. The monoisotopic (exact) mass is 279 g/mol. The number of hydrogen-bond donors (Lipinski definition) is 2. The predicted octanol–water partition coefficient (Wildman–Crippen LogP) is 2.67. The molecule has 0 bridgehead atoms. The summed E-state index contributed by atoms with van der Waals surface area (Å²) in [5, 5.41) is 26.7. The first-order valence-electron chi connectivity index (χ1n) is 4.87. The number of benzene rings is 1. The third kappa shape index (κ3) is 3.35. The molecule has 18 heavy (non-hydrogen) atoms. The summed E-state index contributed by atoms with van der Waals surface area (Å²) in [6.45, 7) is 0. The molecule has 2 unspecified atom stereocenters. The standard InChI is InChI=1S/C11H9ClF3NO2/c12-8-5-6(10(18)9(17)3-4-16)1-2-7(8)11(13,14)15/h1-2,5,9-10,17-18H,3H2. The Hall–Kier alpha value is -1.29. The topological polar surface area (TPSA) is 64.2 Å². The summed E-state index contributed by atoms with van der Waals surface area (Å²) in [6.07, 6.45) is -7.74. The molecule has 0 fully saturated rings. The van der Waals surface area contributed by atoms with Crippen molar-refractivity contribution in [1.82, 2.24) is 0 Å². The lowest BCUT2D eigenvalue weighted by atomic mass is 10.0. The maximum atomic E-state index is 12.4. The third-order valence-electron chi connectivity index (χ3n) is 2.30. The highest BCUT2D eigenvalue weighted by atomic mass is 35.5. The van der Waals surface area contributed by atoms with Crippen LogP contribution in [0.3, 0.4) is 0 Å². The molecule has 0 aliphatic heterocycles. The van der Waals surface area contributed by atoms with Gasteiger partial charge in [-0.2, -0.15) is 18.4 Å². The van der Waals surface area contributed by atoms with Gasteiger partial charge in [0, 0.05) is 0 Å². The Morgan fingerprint density at radius 1 is 1.33 bits per heavy atom. The van der Waals surface area contributed by atoms with Crippen LogP contribution in [0.5, 0.6) is 0 Å². The summed E-state index contributed by atoms with van der Waals surface area (Å²) in [7, 11) is 0. The highest BCUT2D eigenvalue weighted by Crippen LogP contribution is 2.36. The van der Waals surface area contributed by atoms with Crippen LogP contribution < -0.4 is 0 Å². The second-order valence-corrected chi connectivity index (χ2v) is 4.02. The number of hydrogen-bond acceptors (Lipinski definition) is 3. The van der Waals surface area contributed by atoms with E-state index in [0.29, 0.717) is 0 Å². The minimum Gasteiger partial charge on any atom is -0.389 e. The number of aliphatic hydroxyl groups excluding tert-OH is 2. The van der Waals surface area contributed by atoms with Gasteiger partial charge in [0.15, 0.2) is 0 Å². The first-order chi connectivity index (χ1) is 8.27. The summed E-state index contributed by atoms with van der Waals surface area (Å²) >= 11 is 5.46. The fourth-order valence-corrected chi connectivity index (χ4v) is 1.67. The van der Waals surface area contributed by atoms with Crippen LogP contribution in [0.25, 0.3) is 0 Å². The number of rotatable bonds is 3. The van der Waals surface area contributed by atoms with E-state index >= 15 is 0 Å². The molecule has 0 radical (unpaired) electrons. The second-order valence-electron chi connectivity index (χ2n) is 3.61. The Kier molecular flexibility index (Phi) is 4.57. The molecule has 0 aliphatic carbocycles. The van der Waals surface area contributed by atoms with E-state index < -0.39 is 29.0 Å². The number of nitrogens with zero attached hydrogens (tertiary/aromatic N) is 1. The number of alkyl halides is 3. The second kappa shape index (κ2) is 5.57. The smallest absolute Gasteiger partial charge is 0.389 e. The van der Waals surface area contributed by atoms with Crippen molar-refractivity contribution in [2.45, 2.75) is 24.8 Å². The van der Waals surface area contributed by atoms with Crippen LogP contribution in [0.15, 0.2) is 18.2 Å². The van der Waals surface area contributed by atoms with Crippen LogP contribution in [0.4, 0.5) is 13.2 Å². The van der Waals surface area contributed by atoms with E-state index in [1.54, 1.807) is 6.07 Å². The average molecular weight is 280 g/mol. The summed E-state index contributed by atoms with van der Waals surface area (Å²) in [5.41, 5.74) is -0.995. The summed E-state index contributed by atoms with van der Waals surface area (Å²) < 4.78 is 37.3. The Morgan fingerprint density at radius 3 is 2.39 bits per heavy atom. The molecule has 7 heteroatoms. The number of nitriles is 1. The van der Waals surface area contributed by atoms with Gasteiger partial charge in [0.1, 0.15) is 6.10 Å². The molecule has 2 N–H and O–H groups in total. The zero-order valence-corrected chi connectivity index (χ0v) is 9.70. The van der Waals surface area contributed by atoms with Crippen LogP contribution in [-0.2, 0) is 6.18 Å². The molecular weight excluding hydrogens is 271 g/mol. The van der Waals surface area contributed by atoms with E-state index in [0.717, 1.165) is 18.2 Å². The molecule has 1 aromatic rings. The molecule has 0 aliphatic rings. The van der Waals surface area contributed by atoms with Crippen LogP contribution in [0, 0.1) is 11.3 Å². The van der Waals surface area contributed by atoms with Crippen LogP contribution in [0.1, 0.15) is 23.7 Å². The van der Waals surface area contributed by atoms with Crippen molar-refractivity contribution in [2.75, 3.05) is 0 Å². The first kappa shape index (κ1) is 14.8. The lowest BCUT2D eigenvalue weighted by Crippen LogP contribution is -2.18. The van der Waals surface area contributed by atoms with E-state index in [1.165, 1.54) is 0 Å². The van der Waals surface area contributed by atoms with Crippen molar-refractivity contribution in [3.63, 3.8) is 0 Å². The van der Waals surface area contributed by atoms with E-state index in [9.17, 15) is 23.4 Å². The zero-order valence-electron chi connectivity index (χ0n) is 8.95. The number of aliphatic hydroxyl groups is 2. The quantitative estimate of drug-likeness (QED) is 0.894. The summed E-state index contributed by atoms with van der Waals surface area (Å²) in [4.78, 5) is 0. The van der Waals surface area contributed by atoms with Gasteiger partial charge in [0.05, 0.1) is 29.2 Å². The van der Waals surface area contributed by atoms with E-state index in [4.69, 9.17) is 16.9 Å². The van der Waals surface area contributed by atoms with Gasteiger partial charge in [-0.25, -0.2) is 0 Å². The fourth-order valence-electron chi connectivity index (χ4n) is 1.37. The van der Waals surface area contributed by atoms with Crippen molar-refractivity contribution < 1.29 is 23.4 Å². The van der Waals surface area contributed by atoms with E-state index in [1.807, 2.05) is 0 Å². The Bertz CT molecular complexity index is 470. The highest BCUT2D eigenvalue weighted by Gasteiger charge is 2.33. The zero-order chi connectivity index (χ0) is 13.9. The van der Waals surface area contributed by atoms with Gasteiger partial charge < -0.3 is 10.2 Å². The minimum absolute atomic E-state index is 0.0238. The van der Waals surface area contributed by atoms with Crippen molar-refractivity contribution in [3.8, 4) is 6.07 Å². The SMILES string of the molecule is N#CCC(O)C(O)c1ccc(C(F)(F)F)c(Cl)c1. The van der Waals surface area contributed by atoms with Crippen molar-refractivity contribution in [3.05, 3.63) is 34.3 Å². The molecule has 0 aromatic heterocycles. The molecule has 0 amide bonds. The van der Waals surface area contributed by atoms with Crippen molar-refractivity contribution in [1.29, 1.82) is 5.26 Å². The average Bonchev–Trinajstić information content (AvgIpc) is 2.26. The summed E-state index contributed by atoms with van der Waals surface area (Å²) in [5.74, 6) is 0. The van der Waals surface area contributed by atoms with Crippen LogP contribution in [0.2, 0.25) is 5.02 Å². The molecule has 1 rings (SSSR count). The Morgan fingerprint density at radius 2 is 1.94 bits per heavy atom. The van der Waals surface area contributed by atoms with Crippen LogP contribution in [-0.4, -0.2) is 16.3 Å². The molecule has 0 spiro atoms. The molecule has 0 saturated heterocycles. The maximum absolute atomic E-state index is 12.4. The molecular formula is C11H9ClF3NO2. The largest absolute Gasteiger partial charge is 0.417 e. The molecule has 1 aromatic carbocycles. The van der Waals surface area contributed by atoms with Gasteiger partial charge in [-0.15, -0.1) is 0 Å². The highest BCUT2D eigenvalue weighted by molar-refractivity contribution is 6.31. The fraction of sp³-hybridized carbons (Fsp3) is 0.364. The van der Waals surface area contributed by atoms with Gasteiger partial charge in [-0.05, 0) is 17.7 Å². The molecule has 0 heterocycles. The predicted molar refractivity (Wildman–Crippen MR) is 57.7 cm³/mol. The normalized spacial score (nSPS) is 14.9. The lowest BCUT2D eigenvalue weighted by Gasteiger charge is -2.17.